The van der Waals surface area contributed by atoms with Gasteiger partial charge < -0.3 is 4.90 Å². The lowest BCUT2D eigenvalue weighted by Crippen LogP contribution is -2.36. The quantitative estimate of drug-likeness (QED) is 0.813. The Kier molecular flexibility index (Phi) is 4.00. The number of hydrogen-bond acceptors (Lipinski definition) is 1. The van der Waals surface area contributed by atoms with Gasteiger partial charge in [-0.3, -0.25) is 4.79 Å². The molecule has 1 aromatic rings. The van der Waals surface area contributed by atoms with Gasteiger partial charge in [0.1, 0.15) is 17.2 Å². The second-order valence-electron chi connectivity index (χ2n) is 4.45. The van der Waals surface area contributed by atoms with Crippen LogP contribution in [0.2, 0.25) is 0 Å². The van der Waals surface area contributed by atoms with Crippen molar-refractivity contribution < 1.29 is 13.6 Å². The van der Waals surface area contributed by atoms with Crippen molar-refractivity contribution in [2.45, 2.75) is 32.2 Å². The summed E-state index contributed by atoms with van der Waals surface area (Å²) in [5.41, 5.74) is -0.446. The number of benzene rings is 1. The Balaban J connectivity index is 2.34. The molecule has 0 aromatic heterocycles. The predicted molar refractivity (Wildman–Crippen MR) is 68.4 cm³/mol. The predicted octanol–water partition coefficient (Wildman–Crippen LogP) is 3.74. The number of likely N-dealkylation sites (tertiary alicyclic amines) is 1. The number of amides is 1. The molecule has 1 atom stereocenters. The van der Waals surface area contributed by atoms with Gasteiger partial charge in [-0.2, -0.15) is 0 Å². The molecule has 1 heterocycles. The van der Waals surface area contributed by atoms with Crippen LogP contribution in [0.15, 0.2) is 16.6 Å². The van der Waals surface area contributed by atoms with E-state index in [0.717, 1.165) is 31.4 Å². The van der Waals surface area contributed by atoms with Crippen LogP contribution in [-0.2, 0) is 0 Å². The van der Waals surface area contributed by atoms with Crippen molar-refractivity contribution in [1.29, 1.82) is 0 Å². The van der Waals surface area contributed by atoms with Crippen LogP contribution in [0.4, 0.5) is 8.78 Å². The van der Waals surface area contributed by atoms with Crippen LogP contribution in [0.3, 0.4) is 0 Å². The summed E-state index contributed by atoms with van der Waals surface area (Å²) in [4.78, 5) is 13.8. The van der Waals surface area contributed by atoms with E-state index in [0.29, 0.717) is 11.0 Å². The van der Waals surface area contributed by atoms with Gasteiger partial charge >= 0.3 is 0 Å². The summed E-state index contributed by atoms with van der Waals surface area (Å²) in [5, 5.41) is 0. The van der Waals surface area contributed by atoms with Crippen LogP contribution < -0.4 is 0 Å². The summed E-state index contributed by atoms with van der Waals surface area (Å²) in [6.45, 7) is 2.55. The summed E-state index contributed by atoms with van der Waals surface area (Å²) in [5.74, 6) is -2.16. The van der Waals surface area contributed by atoms with Gasteiger partial charge in [-0.25, -0.2) is 8.78 Å². The third-order valence-electron chi connectivity index (χ3n) is 3.33. The SMILES string of the molecule is CCC1CCCN1C(=O)c1c(F)cc(Br)cc1F. The summed E-state index contributed by atoms with van der Waals surface area (Å²) < 4.78 is 27.8. The standard InChI is InChI=1S/C13H14BrF2NO/c1-2-9-4-3-5-17(9)13(18)12-10(15)6-8(14)7-11(12)16/h6-7,9H,2-5H2,1H3. The number of hydrogen-bond donors (Lipinski definition) is 0. The highest BCUT2D eigenvalue weighted by atomic mass is 79.9. The normalized spacial score (nSPS) is 19.3. The molecule has 0 N–H and O–H groups in total. The molecule has 1 fully saturated rings. The van der Waals surface area contributed by atoms with Crippen molar-refractivity contribution in [3.8, 4) is 0 Å². The van der Waals surface area contributed by atoms with Crippen LogP contribution in [0.5, 0.6) is 0 Å². The first-order valence-corrected chi connectivity index (χ1v) is 6.79. The molecule has 1 aliphatic rings. The fourth-order valence-corrected chi connectivity index (χ4v) is 2.82. The molecule has 1 amide bonds. The Labute approximate surface area is 113 Å². The fourth-order valence-electron chi connectivity index (χ4n) is 2.42. The van der Waals surface area contributed by atoms with Gasteiger partial charge in [-0.05, 0) is 31.4 Å². The summed E-state index contributed by atoms with van der Waals surface area (Å²) in [6, 6.07) is 2.33. The van der Waals surface area contributed by atoms with E-state index in [9.17, 15) is 13.6 Å². The van der Waals surface area contributed by atoms with E-state index in [4.69, 9.17) is 0 Å². The highest BCUT2D eigenvalue weighted by Gasteiger charge is 2.31. The molecule has 0 bridgehead atoms. The van der Waals surface area contributed by atoms with Gasteiger partial charge in [0.2, 0.25) is 0 Å². The highest BCUT2D eigenvalue weighted by molar-refractivity contribution is 9.10. The Bertz CT molecular complexity index is 455. The third kappa shape index (κ3) is 2.41. The molecule has 2 nitrogen and oxygen atoms in total. The maximum absolute atomic E-state index is 13.7. The summed E-state index contributed by atoms with van der Waals surface area (Å²) in [7, 11) is 0. The molecule has 1 unspecified atom stereocenters. The van der Waals surface area contributed by atoms with Crippen molar-refractivity contribution in [2.24, 2.45) is 0 Å². The Morgan fingerprint density at radius 1 is 1.44 bits per heavy atom. The van der Waals surface area contributed by atoms with E-state index < -0.39 is 23.1 Å². The zero-order valence-electron chi connectivity index (χ0n) is 10.0. The number of carbonyl (C=O) groups is 1. The molecule has 1 aromatic carbocycles. The van der Waals surface area contributed by atoms with Gasteiger partial charge in [0.15, 0.2) is 0 Å². The monoisotopic (exact) mass is 317 g/mol. The van der Waals surface area contributed by atoms with Crippen molar-refractivity contribution in [3.05, 3.63) is 33.8 Å². The largest absolute Gasteiger partial charge is 0.335 e. The maximum Gasteiger partial charge on any atom is 0.260 e. The first-order chi connectivity index (χ1) is 8.54. The molecule has 0 spiro atoms. The van der Waals surface area contributed by atoms with Gasteiger partial charge in [0.25, 0.3) is 5.91 Å². The second-order valence-corrected chi connectivity index (χ2v) is 5.36. The van der Waals surface area contributed by atoms with Crippen molar-refractivity contribution in [3.63, 3.8) is 0 Å². The average molecular weight is 318 g/mol. The van der Waals surface area contributed by atoms with E-state index in [1.807, 2.05) is 6.92 Å². The fraction of sp³-hybridized carbons (Fsp3) is 0.462. The highest BCUT2D eigenvalue weighted by Crippen LogP contribution is 2.26. The van der Waals surface area contributed by atoms with E-state index >= 15 is 0 Å². The Hall–Kier alpha value is -0.970. The van der Waals surface area contributed by atoms with Crippen molar-refractivity contribution in [2.75, 3.05) is 6.54 Å². The molecule has 5 heteroatoms. The van der Waals surface area contributed by atoms with Crippen LogP contribution in [0.1, 0.15) is 36.5 Å². The van der Waals surface area contributed by atoms with Gasteiger partial charge in [-0.1, -0.05) is 22.9 Å². The molecule has 18 heavy (non-hydrogen) atoms. The Morgan fingerprint density at radius 3 is 2.61 bits per heavy atom. The van der Waals surface area contributed by atoms with E-state index in [-0.39, 0.29) is 6.04 Å². The lowest BCUT2D eigenvalue weighted by Gasteiger charge is -2.24. The lowest BCUT2D eigenvalue weighted by atomic mass is 10.1. The Morgan fingerprint density at radius 2 is 2.06 bits per heavy atom. The van der Waals surface area contributed by atoms with Gasteiger partial charge in [0.05, 0.1) is 0 Å². The number of rotatable bonds is 2. The van der Waals surface area contributed by atoms with Gasteiger partial charge in [0, 0.05) is 17.1 Å². The van der Waals surface area contributed by atoms with Crippen LogP contribution >= 0.6 is 15.9 Å². The molecule has 1 aliphatic heterocycles. The minimum atomic E-state index is -0.811. The number of halogens is 3. The van der Waals surface area contributed by atoms with Crippen LogP contribution in [0.25, 0.3) is 0 Å². The zero-order chi connectivity index (χ0) is 13.3. The van der Waals surface area contributed by atoms with Crippen LogP contribution in [0, 0.1) is 11.6 Å². The molecule has 0 aliphatic carbocycles. The smallest absolute Gasteiger partial charge is 0.260 e. The van der Waals surface area contributed by atoms with Crippen LogP contribution in [-0.4, -0.2) is 23.4 Å². The minimum absolute atomic E-state index is 0.0972. The molecule has 2 rings (SSSR count). The number of nitrogens with zero attached hydrogens (tertiary/aromatic N) is 1. The minimum Gasteiger partial charge on any atom is -0.335 e. The summed E-state index contributed by atoms with van der Waals surface area (Å²) in [6.07, 6.45) is 2.61. The van der Waals surface area contributed by atoms with E-state index in [1.165, 1.54) is 0 Å². The first-order valence-electron chi connectivity index (χ1n) is 6.00. The molecule has 1 saturated heterocycles. The number of carbonyl (C=O) groups excluding carboxylic acids is 1. The van der Waals surface area contributed by atoms with Crippen molar-refractivity contribution >= 4 is 21.8 Å². The molecule has 0 saturated carbocycles. The maximum atomic E-state index is 13.7. The van der Waals surface area contributed by atoms with Crippen molar-refractivity contribution in [1.82, 2.24) is 4.90 Å². The average Bonchev–Trinajstić information content (AvgIpc) is 2.75. The first kappa shape index (κ1) is 13.5. The molecular formula is C13H14BrF2NO. The molecule has 0 radical (unpaired) electrons. The zero-order valence-corrected chi connectivity index (χ0v) is 11.6. The second kappa shape index (κ2) is 5.34. The molecule has 98 valence electrons. The topological polar surface area (TPSA) is 20.3 Å². The lowest BCUT2D eigenvalue weighted by molar-refractivity contribution is 0.0723. The van der Waals surface area contributed by atoms with Gasteiger partial charge in [-0.15, -0.1) is 0 Å². The van der Waals surface area contributed by atoms with E-state index in [2.05, 4.69) is 15.9 Å². The summed E-state index contributed by atoms with van der Waals surface area (Å²) >= 11 is 3.00. The molecular weight excluding hydrogens is 304 g/mol. The third-order valence-corrected chi connectivity index (χ3v) is 3.79. The van der Waals surface area contributed by atoms with E-state index in [1.54, 1.807) is 4.90 Å².